The van der Waals surface area contributed by atoms with Crippen molar-refractivity contribution in [3.05, 3.63) is 34.9 Å². The van der Waals surface area contributed by atoms with Crippen molar-refractivity contribution >= 4 is 34.6 Å². The van der Waals surface area contributed by atoms with Crippen LogP contribution in [0, 0.1) is 5.92 Å². The van der Waals surface area contributed by atoms with Crippen molar-refractivity contribution < 1.29 is 0 Å². The van der Waals surface area contributed by atoms with Gasteiger partial charge in [0.25, 0.3) is 0 Å². The molecule has 3 N–H and O–H groups in total. The monoisotopic (exact) mass is 253 g/mol. The Morgan fingerprint density at radius 3 is 2.50 bits per heavy atom. The fourth-order valence-corrected chi connectivity index (χ4v) is 1.66. The van der Waals surface area contributed by atoms with Gasteiger partial charge < -0.3 is 5.73 Å². The van der Waals surface area contributed by atoms with Gasteiger partial charge in [-0.1, -0.05) is 23.7 Å². The van der Waals surface area contributed by atoms with E-state index < -0.39 is 0 Å². The van der Waals surface area contributed by atoms with Gasteiger partial charge in [-0.15, -0.1) is 0 Å². The molecule has 0 heterocycles. The number of rotatable bonds is 3. The second-order valence-corrected chi connectivity index (χ2v) is 4.63. The molecule has 1 aliphatic carbocycles. The Bertz CT molecular complexity index is 423. The standard InChI is InChI=1S/C11H12ClN3S/c12-9-5-3-8(4-6-9)10(7-1-2-7)14-15-11(13)16/h3-7H,1-2H2,(H3,13,15,16). The number of nitrogens with two attached hydrogens (primary N) is 1. The average Bonchev–Trinajstić information content (AvgIpc) is 3.04. The van der Waals surface area contributed by atoms with Crippen LogP contribution in [0.4, 0.5) is 0 Å². The van der Waals surface area contributed by atoms with Crippen LogP contribution < -0.4 is 11.2 Å². The Morgan fingerprint density at radius 1 is 1.38 bits per heavy atom. The molecule has 0 radical (unpaired) electrons. The average molecular weight is 254 g/mol. The van der Waals surface area contributed by atoms with E-state index in [1.54, 1.807) is 0 Å². The van der Waals surface area contributed by atoms with Crippen molar-refractivity contribution in [2.45, 2.75) is 12.8 Å². The third-order valence-electron chi connectivity index (χ3n) is 2.39. The number of nitrogens with one attached hydrogen (secondary N) is 1. The Kier molecular flexibility index (Phi) is 3.41. The molecular formula is C11H12ClN3S. The van der Waals surface area contributed by atoms with Crippen LogP contribution in [0.25, 0.3) is 0 Å². The maximum Gasteiger partial charge on any atom is 0.184 e. The smallest absolute Gasteiger partial charge is 0.184 e. The summed E-state index contributed by atoms with van der Waals surface area (Å²) in [5.41, 5.74) is 10.1. The highest BCUT2D eigenvalue weighted by Crippen LogP contribution is 2.33. The van der Waals surface area contributed by atoms with Crippen molar-refractivity contribution in [3.8, 4) is 0 Å². The number of nitrogens with zero attached hydrogens (tertiary/aromatic N) is 1. The number of halogens is 1. The maximum atomic E-state index is 5.84. The van der Waals surface area contributed by atoms with Gasteiger partial charge in [0, 0.05) is 10.9 Å². The van der Waals surface area contributed by atoms with Crippen LogP contribution >= 0.6 is 23.8 Å². The number of hydrazone groups is 1. The van der Waals surface area contributed by atoms with Gasteiger partial charge in [-0.05, 0) is 42.8 Å². The van der Waals surface area contributed by atoms with E-state index in [0.717, 1.165) is 16.3 Å². The van der Waals surface area contributed by atoms with Crippen molar-refractivity contribution in [1.82, 2.24) is 5.43 Å². The highest BCUT2D eigenvalue weighted by Gasteiger charge is 2.28. The summed E-state index contributed by atoms with van der Waals surface area (Å²) < 4.78 is 0. The summed E-state index contributed by atoms with van der Waals surface area (Å²) in [6.07, 6.45) is 2.33. The van der Waals surface area contributed by atoms with Crippen LogP contribution in [0.2, 0.25) is 5.02 Å². The number of thiocarbonyl (C=S) groups is 1. The molecule has 5 heteroatoms. The zero-order valence-corrected chi connectivity index (χ0v) is 10.2. The topological polar surface area (TPSA) is 50.4 Å². The first kappa shape index (κ1) is 11.4. The van der Waals surface area contributed by atoms with Gasteiger partial charge in [0.1, 0.15) is 0 Å². The first-order chi connectivity index (χ1) is 7.66. The predicted molar refractivity (Wildman–Crippen MR) is 70.6 cm³/mol. The Hall–Kier alpha value is -1.13. The van der Waals surface area contributed by atoms with Gasteiger partial charge in [-0.25, -0.2) is 0 Å². The molecule has 0 bridgehead atoms. The van der Waals surface area contributed by atoms with Gasteiger partial charge in [-0.2, -0.15) is 5.10 Å². The third kappa shape index (κ3) is 2.93. The molecule has 16 heavy (non-hydrogen) atoms. The van der Waals surface area contributed by atoms with Crippen LogP contribution in [0.1, 0.15) is 18.4 Å². The highest BCUT2D eigenvalue weighted by molar-refractivity contribution is 7.80. The first-order valence-electron chi connectivity index (χ1n) is 5.06. The van der Waals surface area contributed by atoms with Crippen LogP contribution in [0.3, 0.4) is 0 Å². The van der Waals surface area contributed by atoms with Gasteiger partial charge >= 0.3 is 0 Å². The second-order valence-electron chi connectivity index (χ2n) is 3.75. The molecule has 1 aliphatic rings. The molecule has 3 nitrogen and oxygen atoms in total. The summed E-state index contributed by atoms with van der Waals surface area (Å²) in [5, 5.41) is 5.15. The summed E-state index contributed by atoms with van der Waals surface area (Å²) in [6.45, 7) is 0. The van der Waals surface area contributed by atoms with Crippen LogP contribution in [0.15, 0.2) is 29.4 Å². The third-order valence-corrected chi connectivity index (χ3v) is 2.73. The van der Waals surface area contributed by atoms with E-state index in [1.807, 2.05) is 24.3 Å². The number of hydrogen-bond acceptors (Lipinski definition) is 2. The lowest BCUT2D eigenvalue weighted by atomic mass is 10.1. The summed E-state index contributed by atoms with van der Waals surface area (Å²) in [5.74, 6) is 0.517. The molecule has 0 unspecified atom stereocenters. The summed E-state index contributed by atoms with van der Waals surface area (Å²) >= 11 is 10.6. The van der Waals surface area contributed by atoms with E-state index in [1.165, 1.54) is 12.8 Å². The van der Waals surface area contributed by atoms with E-state index in [-0.39, 0.29) is 5.11 Å². The molecule has 0 amide bonds. The molecule has 2 rings (SSSR count). The van der Waals surface area contributed by atoms with E-state index in [9.17, 15) is 0 Å². The minimum Gasteiger partial charge on any atom is -0.375 e. The van der Waals surface area contributed by atoms with Gasteiger partial charge in [-0.3, -0.25) is 5.43 Å². The van der Waals surface area contributed by atoms with Crippen molar-refractivity contribution in [3.63, 3.8) is 0 Å². The molecule has 84 valence electrons. The second kappa shape index (κ2) is 4.80. The van der Waals surface area contributed by atoms with Crippen molar-refractivity contribution in [1.29, 1.82) is 0 Å². The van der Waals surface area contributed by atoms with Crippen LogP contribution in [-0.4, -0.2) is 10.8 Å². The van der Waals surface area contributed by atoms with E-state index >= 15 is 0 Å². The molecule has 1 fully saturated rings. The lowest BCUT2D eigenvalue weighted by Crippen LogP contribution is -2.26. The lowest BCUT2D eigenvalue weighted by Gasteiger charge is -2.05. The number of benzene rings is 1. The normalized spacial score (nSPS) is 15.9. The highest BCUT2D eigenvalue weighted by atomic mass is 35.5. The molecule has 1 saturated carbocycles. The summed E-state index contributed by atoms with van der Waals surface area (Å²) in [6, 6.07) is 7.63. The summed E-state index contributed by atoms with van der Waals surface area (Å²) in [7, 11) is 0. The SMILES string of the molecule is NC(=S)NN=C(c1ccc(Cl)cc1)C1CC1. The van der Waals surface area contributed by atoms with Crippen molar-refractivity contribution in [2.75, 3.05) is 0 Å². The Balaban J connectivity index is 2.22. The van der Waals surface area contributed by atoms with Crippen molar-refractivity contribution in [2.24, 2.45) is 16.8 Å². The van der Waals surface area contributed by atoms with E-state index in [2.05, 4.69) is 10.5 Å². The molecule has 0 aliphatic heterocycles. The molecule has 0 spiro atoms. The summed E-state index contributed by atoms with van der Waals surface area (Å²) in [4.78, 5) is 0. The van der Waals surface area contributed by atoms with Crippen LogP contribution in [-0.2, 0) is 0 Å². The minimum atomic E-state index is 0.187. The maximum absolute atomic E-state index is 5.84. The molecule has 0 aromatic heterocycles. The quantitative estimate of drug-likeness (QED) is 0.494. The molecule has 0 saturated heterocycles. The van der Waals surface area contributed by atoms with E-state index in [4.69, 9.17) is 29.6 Å². The minimum absolute atomic E-state index is 0.187. The molecule has 1 aromatic carbocycles. The zero-order valence-electron chi connectivity index (χ0n) is 8.61. The van der Waals surface area contributed by atoms with Gasteiger partial charge in [0.2, 0.25) is 0 Å². The zero-order chi connectivity index (χ0) is 11.5. The largest absolute Gasteiger partial charge is 0.375 e. The molecular weight excluding hydrogens is 242 g/mol. The fraction of sp³-hybridized carbons (Fsp3) is 0.273. The molecule has 1 aromatic rings. The van der Waals surface area contributed by atoms with Gasteiger partial charge in [0.15, 0.2) is 5.11 Å². The fourth-order valence-electron chi connectivity index (χ4n) is 1.48. The van der Waals surface area contributed by atoms with E-state index in [0.29, 0.717) is 5.92 Å². The number of hydrogen-bond donors (Lipinski definition) is 2. The van der Waals surface area contributed by atoms with Gasteiger partial charge in [0.05, 0.1) is 5.71 Å². The first-order valence-corrected chi connectivity index (χ1v) is 5.84. The predicted octanol–water partition coefficient (Wildman–Crippen LogP) is 2.29. The Labute approximate surface area is 105 Å². The lowest BCUT2D eigenvalue weighted by molar-refractivity contribution is 0.998. The van der Waals surface area contributed by atoms with Crippen LogP contribution in [0.5, 0.6) is 0 Å². The molecule has 0 atom stereocenters. The Morgan fingerprint density at radius 2 is 2.00 bits per heavy atom.